The number of carbonyl (C=O) groups is 2. The molecule has 1 fully saturated rings. The van der Waals surface area contributed by atoms with Crippen LogP contribution in [0.5, 0.6) is 0 Å². The zero-order valence-electron chi connectivity index (χ0n) is 22.6. The molecule has 0 unspecified atom stereocenters. The summed E-state index contributed by atoms with van der Waals surface area (Å²) in [7, 11) is 0. The summed E-state index contributed by atoms with van der Waals surface area (Å²) in [5, 5.41) is 5.20. The number of benzene rings is 2. The van der Waals surface area contributed by atoms with E-state index in [4.69, 9.17) is 0 Å². The molecule has 2 aliphatic heterocycles. The zero-order valence-corrected chi connectivity index (χ0v) is 23.4. The van der Waals surface area contributed by atoms with Gasteiger partial charge in [-0.25, -0.2) is 0 Å². The lowest BCUT2D eigenvalue weighted by Crippen LogP contribution is -2.47. The molecule has 0 radical (unpaired) electrons. The molecule has 1 aromatic heterocycles. The average molecular weight is 531 g/mol. The van der Waals surface area contributed by atoms with E-state index in [1.54, 1.807) is 11.3 Å². The number of piperazine rings is 1. The first kappa shape index (κ1) is 26.6. The lowest BCUT2D eigenvalue weighted by molar-refractivity contribution is -0.119. The molecule has 3 aromatic rings. The maximum atomic E-state index is 14.0. The highest BCUT2D eigenvalue weighted by Gasteiger charge is 2.44. The van der Waals surface area contributed by atoms with Crippen LogP contribution in [0.3, 0.4) is 0 Å². The highest BCUT2D eigenvalue weighted by atomic mass is 32.1. The third-order valence-electron chi connectivity index (χ3n) is 7.66. The van der Waals surface area contributed by atoms with Crippen LogP contribution in [-0.4, -0.2) is 65.8 Å². The Morgan fingerprint density at radius 1 is 0.974 bits per heavy atom. The zero-order chi connectivity index (χ0) is 26.6. The van der Waals surface area contributed by atoms with E-state index >= 15 is 0 Å². The van der Waals surface area contributed by atoms with Crippen molar-refractivity contribution in [3.8, 4) is 0 Å². The van der Waals surface area contributed by atoms with Gasteiger partial charge in [-0.05, 0) is 53.2 Å². The van der Waals surface area contributed by atoms with Crippen molar-refractivity contribution in [2.24, 2.45) is 5.92 Å². The molecule has 2 amide bonds. The third kappa shape index (κ3) is 5.70. The van der Waals surface area contributed by atoms with E-state index in [9.17, 15) is 9.59 Å². The van der Waals surface area contributed by atoms with E-state index in [1.807, 2.05) is 58.8 Å². The lowest BCUT2D eigenvalue weighted by atomic mass is 9.81. The summed E-state index contributed by atoms with van der Waals surface area (Å²) >= 11 is 1.60. The first-order valence-electron chi connectivity index (χ1n) is 13.7. The highest BCUT2D eigenvalue weighted by Crippen LogP contribution is 2.45. The Hall–Kier alpha value is -3.00. The van der Waals surface area contributed by atoms with Crippen molar-refractivity contribution in [3.63, 3.8) is 0 Å². The van der Waals surface area contributed by atoms with Gasteiger partial charge in [0.2, 0.25) is 5.91 Å². The molecular formula is C31H38N4O2S. The highest BCUT2D eigenvalue weighted by molar-refractivity contribution is 7.10. The molecule has 1 saturated heterocycles. The fourth-order valence-corrected chi connectivity index (χ4v) is 6.56. The van der Waals surface area contributed by atoms with E-state index in [0.717, 1.165) is 55.4 Å². The molecule has 2 aromatic carbocycles. The smallest absolute Gasteiger partial charge is 0.254 e. The van der Waals surface area contributed by atoms with Gasteiger partial charge >= 0.3 is 0 Å². The third-order valence-corrected chi connectivity index (χ3v) is 8.60. The van der Waals surface area contributed by atoms with Gasteiger partial charge in [-0.3, -0.25) is 14.5 Å². The number of carbonyl (C=O) groups excluding carboxylic acids is 2. The number of anilines is 1. The second-order valence-corrected chi connectivity index (χ2v) is 11.8. The van der Waals surface area contributed by atoms with E-state index < -0.39 is 5.92 Å². The van der Waals surface area contributed by atoms with Crippen LogP contribution in [0.25, 0.3) is 0 Å². The number of fused-ring (bicyclic) bond motifs is 1. The van der Waals surface area contributed by atoms with Crippen LogP contribution >= 0.6 is 11.3 Å². The van der Waals surface area contributed by atoms with Crippen molar-refractivity contribution in [1.29, 1.82) is 0 Å². The minimum atomic E-state index is -0.490. The number of likely N-dealkylation sites (N-methyl/N-ethyl adjacent to an activating group) is 1. The molecule has 200 valence electrons. The minimum absolute atomic E-state index is 0.000808. The molecule has 38 heavy (non-hydrogen) atoms. The van der Waals surface area contributed by atoms with Crippen molar-refractivity contribution >= 4 is 28.8 Å². The average Bonchev–Trinajstić information content (AvgIpc) is 3.46. The van der Waals surface area contributed by atoms with E-state index in [1.165, 1.54) is 5.56 Å². The molecule has 1 N–H and O–H groups in total. The van der Waals surface area contributed by atoms with Crippen LogP contribution in [0, 0.1) is 5.92 Å². The van der Waals surface area contributed by atoms with Crippen LogP contribution in [0.1, 0.15) is 59.1 Å². The summed E-state index contributed by atoms with van der Waals surface area (Å²) in [4.78, 5) is 35.5. The van der Waals surface area contributed by atoms with Crippen LogP contribution in [-0.2, 0) is 11.3 Å². The van der Waals surface area contributed by atoms with Gasteiger partial charge in [0.15, 0.2) is 0 Å². The van der Waals surface area contributed by atoms with Crippen molar-refractivity contribution < 1.29 is 9.59 Å². The van der Waals surface area contributed by atoms with Crippen LogP contribution in [0.2, 0.25) is 0 Å². The first-order chi connectivity index (χ1) is 18.4. The summed E-state index contributed by atoms with van der Waals surface area (Å²) in [6.45, 7) is 13.5. The molecule has 6 nitrogen and oxygen atoms in total. The Balaban J connectivity index is 1.37. The first-order valence-corrected chi connectivity index (χ1v) is 14.6. The maximum Gasteiger partial charge on any atom is 0.254 e. The summed E-state index contributed by atoms with van der Waals surface area (Å²) < 4.78 is 0. The monoisotopic (exact) mass is 530 g/mol. The molecule has 2 atom stereocenters. The number of nitrogens with one attached hydrogen (secondary N) is 1. The number of rotatable bonds is 8. The molecule has 7 heteroatoms. The SMILES string of the molecule is CCN1CCN(Cc2ccc(NC(=O)[C@@H]3c4ccccc4C(=O)N(CC(C)C)[C@@H]3c3cccs3)cc2)CC1. The topological polar surface area (TPSA) is 55.9 Å². The molecule has 0 spiro atoms. The summed E-state index contributed by atoms with van der Waals surface area (Å²) in [5.74, 6) is -0.287. The van der Waals surface area contributed by atoms with Gasteiger partial charge in [0, 0.05) is 55.4 Å². The fourth-order valence-electron chi connectivity index (χ4n) is 5.68. The Bertz CT molecular complexity index is 1230. The van der Waals surface area contributed by atoms with Gasteiger partial charge in [-0.15, -0.1) is 11.3 Å². The predicted molar refractivity (Wildman–Crippen MR) is 155 cm³/mol. The molecule has 2 aliphatic rings. The van der Waals surface area contributed by atoms with Gasteiger partial charge in [0.25, 0.3) is 5.91 Å². The molecule has 0 saturated carbocycles. The summed E-state index contributed by atoms with van der Waals surface area (Å²) in [6.07, 6.45) is 0. The van der Waals surface area contributed by atoms with E-state index in [2.05, 4.69) is 48.0 Å². The minimum Gasteiger partial charge on any atom is -0.329 e. The number of amides is 2. The number of thiophene rings is 1. The normalized spacial score (nSPS) is 20.5. The van der Waals surface area contributed by atoms with Crippen molar-refractivity contribution in [3.05, 3.63) is 87.6 Å². The second-order valence-electron chi connectivity index (χ2n) is 10.8. The molecule has 3 heterocycles. The summed E-state index contributed by atoms with van der Waals surface area (Å²) in [6, 6.07) is 19.5. The molecule has 0 bridgehead atoms. The number of hydrogen-bond donors (Lipinski definition) is 1. The van der Waals surface area contributed by atoms with Crippen molar-refractivity contribution in [2.75, 3.05) is 44.6 Å². The van der Waals surface area contributed by atoms with Crippen LogP contribution < -0.4 is 5.32 Å². The fraction of sp³-hybridized carbons (Fsp3) is 0.419. The maximum absolute atomic E-state index is 14.0. The number of hydrogen-bond acceptors (Lipinski definition) is 5. The van der Waals surface area contributed by atoms with Crippen molar-refractivity contribution in [1.82, 2.24) is 14.7 Å². The largest absolute Gasteiger partial charge is 0.329 e. The molecular weight excluding hydrogens is 492 g/mol. The Morgan fingerprint density at radius 3 is 2.34 bits per heavy atom. The number of nitrogens with zero attached hydrogens (tertiary/aromatic N) is 3. The summed E-state index contributed by atoms with van der Waals surface area (Å²) in [5.41, 5.74) is 3.46. The van der Waals surface area contributed by atoms with Crippen LogP contribution in [0.4, 0.5) is 5.69 Å². The van der Waals surface area contributed by atoms with Gasteiger partial charge in [0.1, 0.15) is 0 Å². The Kier molecular flexibility index (Phi) is 8.27. The Morgan fingerprint density at radius 2 is 1.68 bits per heavy atom. The van der Waals surface area contributed by atoms with Gasteiger partial charge in [-0.2, -0.15) is 0 Å². The predicted octanol–water partition coefficient (Wildman–Crippen LogP) is 5.46. The molecule has 0 aliphatic carbocycles. The molecule has 5 rings (SSSR count). The van der Waals surface area contributed by atoms with Gasteiger partial charge < -0.3 is 15.1 Å². The van der Waals surface area contributed by atoms with Crippen LogP contribution in [0.15, 0.2) is 66.0 Å². The van der Waals surface area contributed by atoms with Gasteiger partial charge in [-0.1, -0.05) is 57.2 Å². The lowest BCUT2D eigenvalue weighted by Gasteiger charge is -2.42. The van der Waals surface area contributed by atoms with E-state index in [-0.39, 0.29) is 23.8 Å². The standard InChI is InChI=1S/C31H38N4O2S/c1-4-33-15-17-34(18-16-33)21-23-11-13-24(14-12-23)32-30(36)28-25-8-5-6-9-26(25)31(37)35(20-22(2)3)29(28)27-10-7-19-38-27/h5-14,19,22,28-29H,4,15-18,20-21H2,1-3H3,(H,32,36)/t28-,29-/m1/s1. The van der Waals surface area contributed by atoms with Crippen molar-refractivity contribution in [2.45, 2.75) is 39.3 Å². The Labute approximate surface area is 230 Å². The van der Waals surface area contributed by atoms with E-state index in [0.29, 0.717) is 12.1 Å². The van der Waals surface area contributed by atoms with Gasteiger partial charge in [0.05, 0.1) is 12.0 Å². The second kappa shape index (κ2) is 11.8. The quantitative estimate of drug-likeness (QED) is 0.420.